The lowest BCUT2D eigenvalue weighted by Crippen LogP contribution is -1.93. The van der Waals surface area contributed by atoms with Crippen molar-refractivity contribution in [3.05, 3.63) is 17.6 Å². The van der Waals surface area contributed by atoms with Gasteiger partial charge in [-0.15, -0.1) is 11.8 Å². The minimum Gasteiger partial charge on any atom is -0.493 e. The van der Waals surface area contributed by atoms with Crippen LogP contribution in [-0.4, -0.2) is 15.1 Å². The molecule has 1 aliphatic heterocycles. The van der Waals surface area contributed by atoms with E-state index in [4.69, 9.17) is 0 Å². The predicted molar refractivity (Wildman–Crippen MR) is 48.0 cm³/mol. The van der Waals surface area contributed by atoms with E-state index >= 15 is 0 Å². The number of hydrogen-bond acceptors (Lipinski definition) is 4. The maximum absolute atomic E-state index is 9.47. The maximum Gasteiger partial charge on any atom is 0.218 e. The minimum absolute atomic E-state index is 0.164. The number of aromatic hydroxyl groups is 1. The van der Waals surface area contributed by atoms with Crippen molar-refractivity contribution >= 4 is 11.8 Å². The second-order valence-electron chi connectivity index (χ2n) is 2.77. The van der Waals surface area contributed by atoms with Gasteiger partial charge in [0.05, 0.1) is 5.69 Å². The van der Waals surface area contributed by atoms with Gasteiger partial charge in [-0.25, -0.2) is 9.97 Å². The zero-order valence-electron chi connectivity index (χ0n) is 6.82. The molecular formula is C8H10N2OS. The molecule has 2 rings (SSSR count). The molecule has 1 atom stereocenters. The molecule has 1 unspecified atom stereocenters. The van der Waals surface area contributed by atoms with Crippen LogP contribution >= 0.6 is 11.8 Å². The highest BCUT2D eigenvalue weighted by Crippen LogP contribution is 2.45. The van der Waals surface area contributed by atoms with Crippen molar-refractivity contribution in [3.8, 4) is 5.88 Å². The van der Waals surface area contributed by atoms with Crippen LogP contribution in [-0.2, 0) is 5.75 Å². The lowest BCUT2D eigenvalue weighted by atomic mass is 10.1. The molecule has 64 valence electrons. The van der Waals surface area contributed by atoms with Gasteiger partial charge in [0.1, 0.15) is 6.33 Å². The fourth-order valence-corrected chi connectivity index (χ4v) is 2.68. The summed E-state index contributed by atoms with van der Waals surface area (Å²) in [6.45, 7) is 2.11. The zero-order valence-corrected chi connectivity index (χ0v) is 7.64. The van der Waals surface area contributed by atoms with Crippen molar-refractivity contribution in [2.45, 2.75) is 24.3 Å². The van der Waals surface area contributed by atoms with Gasteiger partial charge >= 0.3 is 0 Å². The van der Waals surface area contributed by atoms with Crippen molar-refractivity contribution in [2.24, 2.45) is 0 Å². The van der Waals surface area contributed by atoms with E-state index < -0.39 is 0 Å². The van der Waals surface area contributed by atoms with Crippen LogP contribution in [0.4, 0.5) is 0 Å². The summed E-state index contributed by atoms with van der Waals surface area (Å²) in [5, 5.41) is 9.86. The largest absolute Gasteiger partial charge is 0.493 e. The molecule has 0 saturated carbocycles. The number of aromatic nitrogens is 2. The molecule has 1 aromatic rings. The Morgan fingerprint density at radius 1 is 1.67 bits per heavy atom. The zero-order chi connectivity index (χ0) is 8.55. The van der Waals surface area contributed by atoms with Crippen molar-refractivity contribution < 1.29 is 5.11 Å². The van der Waals surface area contributed by atoms with Crippen molar-refractivity contribution in [1.82, 2.24) is 9.97 Å². The fourth-order valence-electron chi connectivity index (χ4n) is 1.45. The van der Waals surface area contributed by atoms with Gasteiger partial charge in [0.25, 0.3) is 0 Å². The first-order chi connectivity index (χ1) is 5.83. The average Bonchev–Trinajstić information content (AvgIpc) is 2.49. The number of rotatable bonds is 1. The number of nitrogens with zero attached hydrogens (tertiary/aromatic N) is 2. The summed E-state index contributed by atoms with van der Waals surface area (Å²) in [6.07, 6.45) is 2.45. The molecule has 0 radical (unpaired) electrons. The topological polar surface area (TPSA) is 46.0 Å². The summed E-state index contributed by atoms with van der Waals surface area (Å²) in [5.74, 6) is 1.07. The third-order valence-electron chi connectivity index (χ3n) is 2.06. The van der Waals surface area contributed by atoms with E-state index in [0.717, 1.165) is 23.4 Å². The summed E-state index contributed by atoms with van der Waals surface area (Å²) in [5.41, 5.74) is 1.95. The van der Waals surface area contributed by atoms with E-state index in [-0.39, 0.29) is 5.88 Å². The summed E-state index contributed by atoms with van der Waals surface area (Å²) in [4.78, 5) is 7.91. The maximum atomic E-state index is 9.47. The van der Waals surface area contributed by atoms with Crippen LogP contribution in [0, 0.1) is 0 Å². The van der Waals surface area contributed by atoms with Gasteiger partial charge in [0, 0.05) is 16.6 Å². The molecule has 0 saturated heterocycles. The van der Waals surface area contributed by atoms with E-state index in [2.05, 4.69) is 16.9 Å². The smallest absolute Gasteiger partial charge is 0.218 e. The van der Waals surface area contributed by atoms with Crippen molar-refractivity contribution in [1.29, 1.82) is 0 Å². The van der Waals surface area contributed by atoms with E-state index in [0.29, 0.717) is 5.25 Å². The molecule has 0 aliphatic carbocycles. The Hall–Kier alpha value is -0.770. The van der Waals surface area contributed by atoms with Crippen molar-refractivity contribution in [2.75, 3.05) is 0 Å². The lowest BCUT2D eigenvalue weighted by Gasteiger charge is -2.06. The van der Waals surface area contributed by atoms with E-state index in [1.165, 1.54) is 6.33 Å². The van der Waals surface area contributed by atoms with Crippen molar-refractivity contribution in [3.63, 3.8) is 0 Å². The lowest BCUT2D eigenvalue weighted by molar-refractivity contribution is 0.443. The monoisotopic (exact) mass is 182 g/mol. The Morgan fingerprint density at radius 2 is 2.50 bits per heavy atom. The number of thioether (sulfide) groups is 1. The predicted octanol–water partition coefficient (Wildman–Crippen LogP) is 1.88. The molecular weight excluding hydrogens is 172 g/mol. The Morgan fingerprint density at radius 3 is 3.25 bits per heavy atom. The molecule has 0 aromatic carbocycles. The second-order valence-corrected chi connectivity index (χ2v) is 3.96. The highest BCUT2D eigenvalue weighted by atomic mass is 32.2. The number of fused-ring (bicyclic) bond motifs is 1. The SMILES string of the molecule is CCC1SCc2ncnc(O)c21. The van der Waals surface area contributed by atoms with Crippen LogP contribution in [0.2, 0.25) is 0 Å². The third kappa shape index (κ3) is 1.06. The summed E-state index contributed by atoms with van der Waals surface area (Å²) in [7, 11) is 0. The van der Waals surface area contributed by atoms with Gasteiger partial charge in [-0.3, -0.25) is 0 Å². The Labute approximate surface area is 75.2 Å². The van der Waals surface area contributed by atoms with Gasteiger partial charge in [0.15, 0.2) is 0 Å². The van der Waals surface area contributed by atoms with Gasteiger partial charge < -0.3 is 5.11 Å². The first-order valence-corrected chi connectivity index (χ1v) is 5.02. The second kappa shape index (κ2) is 2.94. The highest BCUT2D eigenvalue weighted by Gasteiger charge is 2.26. The van der Waals surface area contributed by atoms with Gasteiger partial charge in [0.2, 0.25) is 5.88 Å². The summed E-state index contributed by atoms with van der Waals surface area (Å²) >= 11 is 1.82. The molecule has 4 heteroatoms. The molecule has 1 aliphatic rings. The molecule has 0 fully saturated rings. The van der Waals surface area contributed by atoms with Crippen LogP contribution < -0.4 is 0 Å². The highest BCUT2D eigenvalue weighted by molar-refractivity contribution is 7.99. The standard InChI is InChI=1S/C8H10N2OS/c1-2-6-7-5(3-12-6)9-4-10-8(7)11/h4,6H,2-3H2,1H3,(H,9,10,11). The van der Waals surface area contributed by atoms with Crippen LogP contribution in [0.15, 0.2) is 6.33 Å². The number of hydrogen-bond donors (Lipinski definition) is 1. The molecule has 3 nitrogen and oxygen atoms in total. The first kappa shape index (κ1) is 7.86. The quantitative estimate of drug-likeness (QED) is 0.720. The Kier molecular flexibility index (Phi) is 1.92. The molecule has 0 bridgehead atoms. The van der Waals surface area contributed by atoms with Crippen LogP contribution in [0.3, 0.4) is 0 Å². The van der Waals surface area contributed by atoms with Gasteiger partial charge in [-0.1, -0.05) is 6.92 Å². The Balaban J connectivity index is 2.48. The normalized spacial score (nSPS) is 20.9. The van der Waals surface area contributed by atoms with E-state index in [1.807, 2.05) is 11.8 Å². The molecule has 2 heterocycles. The summed E-state index contributed by atoms with van der Waals surface area (Å²) in [6, 6.07) is 0. The third-order valence-corrected chi connectivity index (χ3v) is 3.47. The first-order valence-electron chi connectivity index (χ1n) is 3.97. The fraction of sp³-hybridized carbons (Fsp3) is 0.500. The molecule has 0 spiro atoms. The van der Waals surface area contributed by atoms with Gasteiger partial charge in [-0.05, 0) is 6.42 Å². The minimum atomic E-state index is 0.164. The summed E-state index contributed by atoms with van der Waals surface area (Å²) < 4.78 is 0. The molecule has 12 heavy (non-hydrogen) atoms. The van der Waals surface area contributed by atoms with Gasteiger partial charge in [-0.2, -0.15) is 0 Å². The molecule has 1 aromatic heterocycles. The Bertz CT molecular complexity index is 303. The van der Waals surface area contributed by atoms with E-state index in [9.17, 15) is 5.11 Å². The van der Waals surface area contributed by atoms with Crippen LogP contribution in [0.1, 0.15) is 29.9 Å². The molecule has 1 N–H and O–H groups in total. The van der Waals surface area contributed by atoms with Crippen LogP contribution in [0.25, 0.3) is 0 Å². The average molecular weight is 182 g/mol. The molecule has 0 amide bonds. The van der Waals surface area contributed by atoms with Crippen LogP contribution in [0.5, 0.6) is 5.88 Å². The van der Waals surface area contributed by atoms with E-state index in [1.54, 1.807) is 0 Å².